The Labute approximate surface area is 161 Å². The number of aromatic amines is 1. The number of aryl methyl sites for hydroxylation is 1. The van der Waals surface area contributed by atoms with E-state index in [1.54, 1.807) is 30.7 Å². The number of hydrazone groups is 1. The fourth-order valence-corrected chi connectivity index (χ4v) is 3.09. The summed E-state index contributed by atoms with van der Waals surface area (Å²) in [5, 5.41) is 5.85. The second kappa shape index (κ2) is 7.56. The second-order valence-corrected chi connectivity index (χ2v) is 6.55. The first kappa shape index (κ1) is 17.8. The molecule has 3 aromatic rings. The molecule has 0 fully saturated rings. The SMILES string of the molecule is Cc1ccc(C2=NN(C(=O)COC(=O)c3ccc[nH]3)[C@H](c3ccco3)C2)cc1. The second-order valence-electron chi connectivity index (χ2n) is 6.55. The van der Waals surface area contributed by atoms with Gasteiger partial charge in [0.2, 0.25) is 0 Å². The molecule has 1 aliphatic rings. The summed E-state index contributed by atoms with van der Waals surface area (Å²) in [6.07, 6.45) is 3.70. The van der Waals surface area contributed by atoms with Gasteiger partial charge in [-0.25, -0.2) is 9.80 Å². The van der Waals surface area contributed by atoms with Crippen molar-refractivity contribution >= 4 is 17.6 Å². The number of benzene rings is 1. The van der Waals surface area contributed by atoms with Crippen molar-refractivity contribution in [1.29, 1.82) is 0 Å². The largest absolute Gasteiger partial charge is 0.467 e. The molecule has 1 amide bonds. The number of rotatable bonds is 5. The van der Waals surface area contributed by atoms with E-state index >= 15 is 0 Å². The monoisotopic (exact) mass is 377 g/mol. The number of esters is 1. The first-order valence-electron chi connectivity index (χ1n) is 8.92. The van der Waals surface area contributed by atoms with Crippen LogP contribution in [0.3, 0.4) is 0 Å². The summed E-state index contributed by atoms with van der Waals surface area (Å²) in [7, 11) is 0. The summed E-state index contributed by atoms with van der Waals surface area (Å²) in [5.74, 6) is -0.367. The molecule has 3 heterocycles. The Hall–Kier alpha value is -3.61. The lowest BCUT2D eigenvalue weighted by molar-refractivity contribution is -0.136. The Kier molecular flexibility index (Phi) is 4.80. The minimum Gasteiger partial charge on any atom is -0.467 e. The van der Waals surface area contributed by atoms with Gasteiger partial charge in [-0.1, -0.05) is 29.8 Å². The van der Waals surface area contributed by atoms with E-state index in [-0.39, 0.29) is 6.04 Å². The highest BCUT2D eigenvalue weighted by Gasteiger charge is 2.35. The zero-order valence-corrected chi connectivity index (χ0v) is 15.3. The molecular weight excluding hydrogens is 358 g/mol. The number of hydrogen-bond acceptors (Lipinski definition) is 5. The van der Waals surface area contributed by atoms with Gasteiger partial charge in [0.15, 0.2) is 6.61 Å². The number of carbonyl (C=O) groups is 2. The number of amides is 1. The Morgan fingerprint density at radius 3 is 2.71 bits per heavy atom. The van der Waals surface area contributed by atoms with Crippen LogP contribution in [-0.4, -0.2) is 34.2 Å². The summed E-state index contributed by atoms with van der Waals surface area (Å²) in [6, 6.07) is 14.4. The van der Waals surface area contributed by atoms with E-state index in [0.29, 0.717) is 17.9 Å². The van der Waals surface area contributed by atoms with Gasteiger partial charge in [0.1, 0.15) is 17.5 Å². The van der Waals surface area contributed by atoms with Crippen molar-refractivity contribution in [2.45, 2.75) is 19.4 Å². The Balaban J connectivity index is 1.53. The predicted molar refractivity (Wildman–Crippen MR) is 102 cm³/mol. The van der Waals surface area contributed by atoms with Crippen molar-refractivity contribution < 1.29 is 18.7 Å². The van der Waals surface area contributed by atoms with Crippen molar-refractivity contribution in [2.75, 3.05) is 6.61 Å². The van der Waals surface area contributed by atoms with Gasteiger partial charge < -0.3 is 14.1 Å². The molecule has 0 spiro atoms. The minimum absolute atomic E-state index is 0.292. The number of nitrogens with one attached hydrogen (secondary N) is 1. The number of hydrogen-bond donors (Lipinski definition) is 1. The molecule has 1 atom stereocenters. The third kappa shape index (κ3) is 3.59. The van der Waals surface area contributed by atoms with Crippen LogP contribution in [0.4, 0.5) is 0 Å². The van der Waals surface area contributed by atoms with E-state index in [1.165, 1.54) is 5.01 Å². The van der Waals surface area contributed by atoms with Gasteiger partial charge in [-0.2, -0.15) is 5.10 Å². The van der Waals surface area contributed by atoms with Gasteiger partial charge in [-0.05, 0) is 36.8 Å². The molecule has 28 heavy (non-hydrogen) atoms. The van der Waals surface area contributed by atoms with Crippen molar-refractivity contribution in [3.63, 3.8) is 0 Å². The van der Waals surface area contributed by atoms with Crippen LogP contribution in [0, 0.1) is 6.92 Å². The van der Waals surface area contributed by atoms with Crippen molar-refractivity contribution in [3.05, 3.63) is 83.6 Å². The van der Waals surface area contributed by atoms with Crippen LogP contribution in [0.25, 0.3) is 0 Å². The average molecular weight is 377 g/mol. The van der Waals surface area contributed by atoms with E-state index in [0.717, 1.165) is 16.8 Å². The van der Waals surface area contributed by atoms with Crippen molar-refractivity contribution in [3.8, 4) is 0 Å². The number of furan rings is 1. The van der Waals surface area contributed by atoms with Crippen molar-refractivity contribution in [1.82, 2.24) is 9.99 Å². The number of aromatic nitrogens is 1. The lowest BCUT2D eigenvalue weighted by atomic mass is 10.0. The summed E-state index contributed by atoms with van der Waals surface area (Å²) in [5.41, 5.74) is 3.17. The molecule has 0 bridgehead atoms. The van der Waals surface area contributed by atoms with Crippen LogP contribution < -0.4 is 0 Å². The minimum atomic E-state index is -0.588. The van der Waals surface area contributed by atoms with Crippen LogP contribution in [0.1, 0.15) is 39.8 Å². The van der Waals surface area contributed by atoms with Gasteiger partial charge in [0.05, 0.1) is 12.0 Å². The topological polar surface area (TPSA) is 87.9 Å². The average Bonchev–Trinajstić information content (AvgIpc) is 3.47. The van der Waals surface area contributed by atoms with Crippen LogP contribution in [-0.2, 0) is 9.53 Å². The third-order valence-corrected chi connectivity index (χ3v) is 4.57. The Bertz CT molecular complexity index is 989. The summed E-state index contributed by atoms with van der Waals surface area (Å²) >= 11 is 0. The summed E-state index contributed by atoms with van der Waals surface area (Å²) in [4.78, 5) is 27.5. The number of H-pyrrole nitrogens is 1. The quantitative estimate of drug-likeness (QED) is 0.690. The zero-order chi connectivity index (χ0) is 19.5. The highest BCUT2D eigenvalue weighted by Crippen LogP contribution is 2.33. The van der Waals surface area contributed by atoms with Gasteiger partial charge in [0.25, 0.3) is 5.91 Å². The molecule has 0 saturated heterocycles. The maximum atomic E-state index is 12.7. The number of ether oxygens (including phenoxy) is 1. The lowest BCUT2D eigenvalue weighted by Gasteiger charge is -2.19. The van der Waals surface area contributed by atoms with E-state index in [2.05, 4.69) is 10.1 Å². The number of carbonyl (C=O) groups excluding carboxylic acids is 2. The third-order valence-electron chi connectivity index (χ3n) is 4.57. The van der Waals surface area contributed by atoms with E-state index < -0.39 is 18.5 Å². The van der Waals surface area contributed by atoms with Gasteiger partial charge >= 0.3 is 5.97 Å². The molecular formula is C21H19N3O4. The van der Waals surface area contributed by atoms with E-state index in [1.807, 2.05) is 37.3 Å². The predicted octanol–water partition coefficient (Wildman–Crippen LogP) is 3.45. The van der Waals surface area contributed by atoms with Crippen LogP contribution in [0.2, 0.25) is 0 Å². The van der Waals surface area contributed by atoms with E-state index in [4.69, 9.17) is 9.15 Å². The molecule has 1 N–H and O–H groups in total. The zero-order valence-electron chi connectivity index (χ0n) is 15.3. The Morgan fingerprint density at radius 2 is 2.04 bits per heavy atom. The summed E-state index contributed by atoms with van der Waals surface area (Å²) in [6.45, 7) is 1.61. The first-order chi connectivity index (χ1) is 13.6. The van der Waals surface area contributed by atoms with Gasteiger partial charge in [-0.3, -0.25) is 4.79 Å². The first-order valence-corrected chi connectivity index (χ1v) is 8.92. The van der Waals surface area contributed by atoms with Gasteiger partial charge in [0, 0.05) is 12.6 Å². The summed E-state index contributed by atoms with van der Waals surface area (Å²) < 4.78 is 10.6. The van der Waals surface area contributed by atoms with Crippen LogP contribution in [0.5, 0.6) is 0 Å². The fraction of sp³-hybridized carbons (Fsp3) is 0.190. The maximum Gasteiger partial charge on any atom is 0.355 e. The van der Waals surface area contributed by atoms with Crippen molar-refractivity contribution in [2.24, 2.45) is 5.10 Å². The normalized spacial score (nSPS) is 16.1. The molecule has 0 aliphatic carbocycles. The molecule has 4 rings (SSSR count). The molecule has 2 aromatic heterocycles. The number of nitrogens with zero attached hydrogens (tertiary/aromatic N) is 2. The van der Waals surface area contributed by atoms with Gasteiger partial charge in [-0.15, -0.1) is 0 Å². The highest BCUT2D eigenvalue weighted by atomic mass is 16.5. The highest BCUT2D eigenvalue weighted by molar-refractivity contribution is 6.03. The molecule has 7 heteroatoms. The lowest BCUT2D eigenvalue weighted by Crippen LogP contribution is -2.31. The molecule has 7 nitrogen and oxygen atoms in total. The molecule has 0 unspecified atom stereocenters. The fourth-order valence-electron chi connectivity index (χ4n) is 3.09. The maximum absolute atomic E-state index is 12.7. The molecule has 142 valence electrons. The van der Waals surface area contributed by atoms with Crippen LogP contribution in [0.15, 0.2) is 70.5 Å². The molecule has 1 aliphatic heterocycles. The molecule has 0 saturated carbocycles. The molecule has 1 aromatic carbocycles. The smallest absolute Gasteiger partial charge is 0.355 e. The Morgan fingerprint density at radius 1 is 1.21 bits per heavy atom. The molecule has 0 radical (unpaired) electrons. The van der Waals surface area contributed by atoms with Crippen LogP contribution >= 0.6 is 0 Å². The van der Waals surface area contributed by atoms with E-state index in [9.17, 15) is 9.59 Å². The standard InChI is InChI=1S/C21H19N3O4/c1-14-6-8-15(9-7-14)17-12-18(19-5-3-11-27-19)24(23-17)20(25)13-28-21(26)16-4-2-10-22-16/h2-11,18,22H,12-13H2,1H3/t18-/m0/s1.